The molecular weight excluding hydrogens is 229 g/mol. The van der Waals surface area contributed by atoms with Gasteiger partial charge < -0.3 is 0 Å². The molecule has 0 N–H and O–H groups in total. The number of rotatable bonds is 0. The summed E-state index contributed by atoms with van der Waals surface area (Å²) in [7, 11) is 0. The van der Waals surface area contributed by atoms with Crippen LogP contribution in [0.25, 0.3) is 6.08 Å². The molecule has 0 saturated carbocycles. The summed E-state index contributed by atoms with van der Waals surface area (Å²) in [5.41, 5.74) is 1.42. The molecule has 2 aromatic rings. The third-order valence-corrected chi connectivity index (χ3v) is 5.54. The first-order valence-electron chi connectivity index (χ1n) is 4.73. The first-order valence-corrected chi connectivity index (χ1v) is 6.83. The fourth-order valence-corrected chi connectivity index (χ4v) is 4.41. The zero-order chi connectivity index (χ0) is 9.38. The van der Waals surface area contributed by atoms with Crippen LogP contribution in [0.5, 0.6) is 0 Å². The van der Waals surface area contributed by atoms with Gasteiger partial charge in [0.15, 0.2) is 0 Å². The molecule has 2 aromatic carbocycles. The standard InChI is InChI=1S/C13H9Ge/c1-3-7-12-10(5-1)9-11-6-2-4-8-13(11)14-12/h1-9H. The Hall–Kier alpha value is -1.15. The van der Waals surface area contributed by atoms with Crippen molar-refractivity contribution in [2.24, 2.45) is 0 Å². The second-order valence-electron chi connectivity index (χ2n) is 3.44. The summed E-state index contributed by atoms with van der Waals surface area (Å²) in [6.45, 7) is 0. The molecule has 0 unspecified atom stereocenters. The van der Waals surface area contributed by atoms with Crippen LogP contribution in [-0.4, -0.2) is 15.0 Å². The van der Waals surface area contributed by atoms with Crippen molar-refractivity contribution in [2.75, 3.05) is 0 Å². The fraction of sp³-hybridized carbons (Fsp3) is 0. The topological polar surface area (TPSA) is 0 Å². The number of benzene rings is 2. The molecule has 0 spiro atoms. The Morgan fingerprint density at radius 3 is 2.57 bits per heavy atom. The zero-order valence-electron chi connectivity index (χ0n) is 7.70. The first kappa shape index (κ1) is 8.19. The van der Waals surface area contributed by atoms with Gasteiger partial charge in [-0.2, -0.15) is 0 Å². The Balaban J connectivity index is 2.42. The molecule has 1 heterocycles. The normalized spacial score (nSPS) is 12.0. The molecule has 0 aromatic heterocycles. The van der Waals surface area contributed by atoms with Gasteiger partial charge in [-0.05, 0) is 0 Å². The summed E-state index contributed by atoms with van der Waals surface area (Å²) in [4.78, 5) is 0. The van der Waals surface area contributed by atoms with Crippen molar-refractivity contribution in [2.45, 2.75) is 0 Å². The van der Waals surface area contributed by atoms with Crippen molar-refractivity contribution >= 4 is 25.5 Å². The molecule has 0 nitrogen and oxygen atoms in total. The van der Waals surface area contributed by atoms with Gasteiger partial charge in [-0.25, -0.2) is 0 Å². The Morgan fingerprint density at radius 2 is 1.57 bits per heavy atom. The predicted octanol–water partition coefficient (Wildman–Crippen LogP) is 1.11. The van der Waals surface area contributed by atoms with Gasteiger partial charge in [0.05, 0.1) is 0 Å². The maximum atomic E-state index is 2.30. The zero-order valence-corrected chi connectivity index (χ0v) is 9.79. The Bertz CT molecular complexity index is 543. The first-order chi connectivity index (χ1) is 6.93. The molecule has 0 aliphatic carbocycles. The van der Waals surface area contributed by atoms with Crippen LogP contribution >= 0.6 is 0 Å². The molecule has 0 amide bonds. The van der Waals surface area contributed by atoms with Crippen molar-refractivity contribution < 1.29 is 0 Å². The van der Waals surface area contributed by atoms with Gasteiger partial charge in [0.2, 0.25) is 0 Å². The Kier molecular flexibility index (Phi) is 1.88. The molecule has 3 rings (SSSR count). The third-order valence-electron chi connectivity index (χ3n) is 2.50. The van der Waals surface area contributed by atoms with E-state index in [0.29, 0.717) is 0 Å². The molecule has 0 fully saturated rings. The van der Waals surface area contributed by atoms with Crippen LogP contribution in [0.4, 0.5) is 0 Å². The van der Waals surface area contributed by atoms with Gasteiger partial charge in [0, 0.05) is 0 Å². The van der Waals surface area contributed by atoms with Crippen LogP contribution in [-0.2, 0) is 0 Å². The van der Waals surface area contributed by atoms with E-state index < -0.39 is 0 Å². The van der Waals surface area contributed by atoms with E-state index in [2.05, 4.69) is 54.6 Å². The monoisotopic (exact) mass is 239 g/mol. The number of hydrogen-bond acceptors (Lipinski definition) is 0. The summed E-state index contributed by atoms with van der Waals surface area (Å²) in [6, 6.07) is 17.5. The maximum absolute atomic E-state index is 2.30. The van der Waals surface area contributed by atoms with Gasteiger partial charge in [0.1, 0.15) is 0 Å². The number of fused-ring (bicyclic) bond motifs is 2. The van der Waals surface area contributed by atoms with Crippen LogP contribution < -0.4 is 9.61 Å². The minimum absolute atomic E-state index is 0.0962. The van der Waals surface area contributed by atoms with Gasteiger partial charge >= 0.3 is 88.8 Å². The fourth-order valence-electron chi connectivity index (χ4n) is 1.79. The van der Waals surface area contributed by atoms with Gasteiger partial charge in [-0.1, -0.05) is 0 Å². The SMILES string of the molecule is C1=c2cccc[c]2=[Ge][c]2ccccc21. The van der Waals surface area contributed by atoms with E-state index in [4.69, 9.17) is 0 Å². The molecule has 1 heteroatoms. The molecule has 0 atom stereocenters. The number of hydrogen-bond donors (Lipinski definition) is 0. The molecule has 0 bridgehead atoms. The van der Waals surface area contributed by atoms with E-state index >= 15 is 0 Å². The molecule has 1 radical (unpaired) electrons. The van der Waals surface area contributed by atoms with Crippen molar-refractivity contribution in [1.82, 2.24) is 0 Å². The summed E-state index contributed by atoms with van der Waals surface area (Å²) >= 11 is -0.0962. The van der Waals surface area contributed by atoms with E-state index in [0.717, 1.165) is 0 Å². The molecular formula is C13H9Ge. The minimum atomic E-state index is -0.0962. The summed E-state index contributed by atoms with van der Waals surface area (Å²) < 4.78 is 3.12. The molecule has 1 aliphatic rings. The third kappa shape index (κ3) is 1.27. The predicted molar refractivity (Wildman–Crippen MR) is 60.3 cm³/mol. The van der Waals surface area contributed by atoms with Crippen LogP contribution in [0.15, 0.2) is 48.5 Å². The molecule has 14 heavy (non-hydrogen) atoms. The molecule has 0 saturated heterocycles. The quantitative estimate of drug-likeness (QED) is 0.514. The average molecular weight is 238 g/mol. The van der Waals surface area contributed by atoms with E-state index in [9.17, 15) is 0 Å². The van der Waals surface area contributed by atoms with Crippen molar-refractivity contribution in [3.05, 3.63) is 63.3 Å². The van der Waals surface area contributed by atoms with Gasteiger partial charge in [-0.3, -0.25) is 0 Å². The summed E-state index contributed by atoms with van der Waals surface area (Å²) in [6.07, 6.45) is 2.30. The van der Waals surface area contributed by atoms with E-state index in [1.165, 1.54) is 10.8 Å². The van der Waals surface area contributed by atoms with Crippen molar-refractivity contribution in [3.63, 3.8) is 0 Å². The van der Waals surface area contributed by atoms with Crippen molar-refractivity contribution in [1.29, 1.82) is 0 Å². The van der Waals surface area contributed by atoms with Crippen LogP contribution in [0, 0.1) is 4.00 Å². The second kappa shape index (κ2) is 3.21. The van der Waals surface area contributed by atoms with E-state index in [1.54, 1.807) is 8.39 Å². The van der Waals surface area contributed by atoms with Crippen LogP contribution in [0.1, 0.15) is 5.56 Å². The summed E-state index contributed by atoms with van der Waals surface area (Å²) in [5, 5.41) is 1.42. The van der Waals surface area contributed by atoms with E-state index in [-0.39, 0.29) is 15.0 Å². The molecule has 65 valence electrons. The van der Waals surface area contributed by atoms with E-state index in [1.807, 2.05) is 0 Å². The molecule has 1 aliphatic heterocycles. The van der Waals surface area contributed by atoms with Gasteiger partial charge in [0.25, 0.3) is 0 Å². The Morgan fingerprint density at radius 1 is 0.786 bits per heavy atom. The van der Waals surface area contributed by atoms with Gasteiger partial charge in [-0.15, -0.1) is 0 Å². The second-order valence-corrected chi connectivity index (χ2v) is 6.23. The average Bonchev–Trinajstić information content (AvgIpc) is 2.26. The Labute approximate surface area is 88.9 Å². The van der Waals surface area contributed by atoms with Crippen LogP contribution in [0.3, 0.4) is 0 Å². The van der Waals surface area contributed by atoms with Crippen LogP contribution in [0.2, 0.25) is 0 Å². The summed E-state index contributed by atoms with van der Waals surface area (Å²) in [5.74, 6) is 0. The van der Waals surface area contributed by atoms with Crippen molar-refractivity contribution in [3.8, 4) is 0 Å².